The lowest BCUT2D eigenvalue weighted by Gasteiger charge is -2.21. The molecule has 1 heterocycles. The number of nitrogens with one attached hydrogen (secondary N) is 1. The van der Waals surface area contributed by atoms with Crippen molar-refractivity contribution in [1.29, 1.82) is 0 Å². The van der Waals surface area contributed by atoms with Crippen LogP contribution >= 0.6 is 0 Å². The van der Waals surface area contributed by atoms with Gasteiger partial charge in [-0.15, -0.1) is 0 Å². The van der Waals surface area contributed by atoms with Gasteiger partial charge in [-0.25, -0.2) is 12.7 Å². The van der Waals surface area contributed by atoms with Gasteiger partial charge in [-0.2, -0.15) is 0 Å². The first-order chi connectivity index (χ1) is 7.91. The second-order valence-corrected chi connectivity index (χ2v) is 8.16. The lowest BCUT2D eigenvalue weighted by molar-refractivity contribution is 0.450. The van der Waals surface area contributed by atoms with Crippen LogP contribution in [-0.2, 0) is 10.0 Å². The van der Waals surface area contributed by atoms with Crippen LogP contribution in [0.3, 0.4) is 0 Å². The molecule has 5 heteroatoms. The summed E-state index contributed by atoms with van der Waals surface area (Å²) in [5, 5.41) is 3.00. The van der Waals surface area contributed by atoms with Crippen LogP contribution in [0.4, 0.5) is 0 Å². The predicted molar refractivity (Wildman–Crippen MR) is 69.3 cm³/mol. The van der Waals surface area contributed by atoms with Crippen molar-refractivity contribution in [3.8, 4) is 0 Å². The Hall–Kier alpha value is -0.130. The second-order valence-electron chi connectivity index (χ2n) is 5.81. The maximum Gasteiger partial charge on any atom is 0.217 e. The molecule has 3 unspecified atom stereocenters. The summed E-state index contributed by atoms with van der Waals surface area (Å²) in [6, 6.07) is 0.573. The standard InChI is InChI=1S/C12H24N2O2S/c1-9-7-14(8-10(9)2)17(15,16)11(3)6-13-12-4-5-12/h9-13H,4-8H2,1-3H3. The number of nitrogens with zero attached hydrogens (tertiary/aromatic N) is 1. The number of rotatable bonds is 5. The molecule has 0 aromatic carbocycles. The third-order valence-electron chi connectivity index (χ3n) is 4.09. The maximum absolute atomic E-state index is 12.3. The Balaban J connectivity index is 1.92. The highest BCUT2D eigenvalue weighted by atomic mass is 32.2. The van der Waals surface area contributed by atoms with Crippen molar-refractivity contribution in [2.75, 3.05) is 19.6 Å². The van der Waals surface area contributed by atoms with E-state index in [1.807, 2.05) is 6.92 Å². The summed E-state index contributed by atoms with van der Waals surface area (Å²) in [6.45, 7) is 8.06. The van der Waals surface area contributed by atoms with Crippen LogP contribution in [0.25, 0.3) is 0 Å². The molecule has 100 valence electrons. The fourth-order valence-electron chi connectivity index (χ4n) is 2.26. The van der Waals surface area contributed by atoms with E-state index in [1.165, 1.54) is 12.8 Å². The fraction of sp³-hybridized carbons (Fsp3) is 1.00. The Kier molecular flexibility index (Phi) is 3.80. The molecule has 1 saturated heterocycles. The largest absolute Gasteiger partial charge is 0.313 e. The molecule has 1 saturated carbocycles. The van der Waals surface area contributed by atoms with Crippen LogP contribution in [0.5, 0.6) is 0 Å². The van der Waals surface area contributed by atoms with Crippen LogP contribution in [-0.4, -0.2) is 43.6 Å². The average molecular weight is 260 g/mol. The molecule has 0 aromatic heterocycles. The fourth-order valence-corrected chi connectivity index (χ4v) is 3.97. The van der Waals surface area contributed by atoms with E-state index in [-0.39, 0.29) is 5.25 Å². The molecule has 2 rings (SSSR count). The Bertz CT molecular complexity index is 355. The molecule has 2 aliphatic rings. The third kappa shape index (κ3) is 3.01. The summed E-state index contributed by atoms with van der Waals surface area (Å²) in [6.07, 6.45) is 2.40. The van der Waals surface area contributed by atoms with E-state index in [9.17, 15) is 8.42 Å². The van der Waals surface area contributed by atoms with Crippen molar-refractivity contribution in [1.82, 2.24) is 9.62 Å². The molecule has 0 aromatic rings. The third-order valence-corrected chi connectivity index (χ3v) is 6.30. The summed E-state index contributed by atoms with van der Waals surface area (Å²) in [7, 11) is -3.10. The first-order valence-electron chi connectivity index (χ1n) is 6.63. The zero-order valence-corrected chi connectivity index (χ0v) is 11.8. The van der Waals surface area contributed by atoms with Crippen molar-refractivity contribution in [3.05, 3.63) is 0 Å². The van der Waals surface area contributed by atoms with E-state index in [0.717, 1.165) is 0 Å². The minimum absolute atomic E-state index is 0.305. The molecule has 4 nitrogen and oxygen atoms in total. The maximum atomic E-state index is 12.3. The first kappa shape index (κ1) is 13.3. The Morgan fingerprint density at radius 1 is 1.24 bits per heavy atom. The lowest BCUT2D eigenvalue weighted by Crippen LogP contribution is -2.41. The highest BCUT2D eigenvalue weighted by Crippen LogP contribution is 2.26. The molecule has 1 aliphatic heterocycles. The van der Waals surface area contributed by atoms with E-state index < -0.39 is 10.0 Å². The minimum Gasteiger partial charge on any atom is -0.313 e. The summed E-state index contributed by atoms with van der Waals surface area (Å²) >= 11 is 0. The van der Waals surface area contributed by atoms with E-state index in [0.29, 0.717) is 37.5 Å². The average Bonchev–Trinajstić information content (AvgIpc) is 3.02. The summed E-state index contributed by atoms with van der Waals surface area (Å²) in [4.78, 5) is 0. The van der Waals surface area contributed by atoms with Gasteiger partial charge in [0, 0.05) is 25.7 Å². The predicted octanol–water partition coefficient (Wildman–Crippen LogP) is 1.04. The van der Waals surface area contributed by atoms with Crippen LogP contribution < -0.4 is 5.32 Å². The zero-order chi connectivity index (χ0) is 12.6. The van der Waals surface area contributed by atoms with Crippen molar-refractivity contribution < 1.29 is 8.42 Å². The van der Waals surface area contributed by atoms with Gasteiger partial charge in [-0.05, 0) is 31.6 Å². The van der Waals surface area contributed by atoms with Gasteiger partial charge in [0.2, 0.25) is 10.0 Å². The smallest absolute Gasteiger partial charge is 0.217 e. The molecule has 0 radical (unpaired) electrons. The van der Waals surface area contributed by atoms with E-state index in [1.54, 1.807) is 4.31 Å². The molecule has 2 fully saturated rings. The summed E-state index contributed by atoms with van der Waals surface area (Å²) < 4.78 is 26.4. The number of hydrogen-bond donors (Lipinski definition) is 1. The SMILES string of the molecule is CC1CN(S(=O)(=O)C(C)CNC2CC2)CC1C. The zero-order valence-electron chi connectivity index (χ0n) is 11.0. The molecule has 3 atom stereocenters. The lowest BCUT2D eigenvalue weighted by atomic mass is 10.0. The van der Waals surface area contributed by atoms with Crippen LogP contribution in [0, 0.1) is 11.8 Å². The first-order valence-corrected chi connectivity index (χ1v) is 8.14. The van der Waals surface area contributed by atoms with Crippen molar-refractivity contribution in [2.24, 2.45) is 11.8 Å². The number of hydrogen-bond acceptors (Lipinski definition) is 3. The molecule has 0 amide bonds. The van der Waals surface area contributed by atoms with E-state index in [2.05, 4.69) is 19.2 Å². The molecular weight excluding hydrogens is 236 g/mol. The van der Waals surface area contributed by atoms with E-state index in [4.69, 9.17) is 0 Å². The van der Waals surface area contributed by atoms with Gasteiger partial charge < -0.3 is 5.32 Å². The van der Waals surface area contributed by atoms with Crippen molar-refractivity contribution >= 4 is 10.0 Å². The van der Waals surface area contributed by atoms with Crippen LogP contribution in [0.1, 0.15) is 33.6 Å². The molecule has 17 heavy (non-hydrogen) atoms. The molecule has 1 aliphatic carbocycles. The molecular formula is C12H24N2O2S. The quantitative estimate of drug-likeness (QED) is 0.803. The van der Waals surface area contributed by atoms with Gasteiger partial charge in [0.25, 0.3) is 0 Å². The Morgan fingerprint density at radius 3 is 2.24 bits per heavy atom. The van der Waals surface area contributed by atoms with Gasteiger partial charge in [-0.3, -0.25) is 0 Å². The monoisotopic (exact) mass is 260 g/mol. The topological polar surface area (TPSA) is 49.4 Å². The highest BCUT2D eigenvalue weighted by molar-refractivity contribution is 7.89. The van der Waals surface area contributed by atoms with Crippen molar-refractivity contribution in [2.45, 2.75) is 44.9 Å². The normalized spacial score (nSPS) is 32.9. The number of sulfonamides is 1. The minimum atomic E-state index is -3.10. The summed E-state index contributed by atoms with van der Waals surface area (Å²) in [5.41, 5.74) is 0. The molecule has 0 bridgehead atoms. The Labute approximate surface area is 105 Å². The van der Waals surface area contributed by atoms with Crippen molar-refractivity contribution in [3.63, 3.8) is 0 Å². The van der Waals surface area contributed by atoms with Gasteiger partial charge in [0.15, 0.2) is 0 Å². The summed E-state index contributed by atoms with van der Waals surface area (Å²) in [5.74, 6) is 0.960. The van der Waals surface area contributed by atoms with Crippen LogP contribution in [0.15, 0.2) is 0 Å². The highest BCUT2D eigenvalue weighted by Gasteiger charge is 2.37. The van der Waals surface area contributed by atoms with Gasteiger partial charge in [0.05, 0.1) is 5.25 Å². The molecule has 1 N–H and O–H groups in total. The van der Waals surface area contributed by atoms with Gasteiger partial charge in [0.1, 0.15) is 0 Å². The Morgan fingerprint density at radius 2 is 1.76 bits per heavy atom. The van der Waals surface area contributed by atoms with Crippen LogP contribution in [0.2, 0.25) is 0 Å². The van der Waals surface area contributed by atoms with Gasteiger partial charge >= 0.3 is 0 Å². The van der Waals surface area contributed by atoms with E-state index >= 15 is 0 Å². The second kappa shape index (κ2) is 4.86. The molecule has 0 spiro atoms. The van der Waals surface area contributed by atoms with Gasteiger partial charge in [-0.1, -0.05) is 13.8 Å².